The molecule has 2 aromatic rings. The molecule has 0 spiro atoms. The first-order valence-electron chi connectivity index (χ1n) is 5.79. The van der Waals surface area contributed by atoms with Crippen LogP contribution in [0.5, 0.6) is 11.5 Å². The van der Waals surface area contributed by atoms with E-state index in [-0.39, 0.29) is 0 Å². The summed E-state index contributed by atoms with van der Waals surface area (Å²) in [7, 11) is 3.37. The fraction of sp³-hybridized carbons (Fsp3) is 0.385. The maximum atomic E-state index is 5.47. The van der Waals surface area contributed by atoms with Crippen LogP contribution in [0, 0.1) is 0 Å². The lowest BCUT2D eigenvalue weighted by molar-refractivity contribution is 0.398. The Morgan fingerprint density at radius 1 is 1.18 bits per heavy atom. The second-order valence-electron chi connectivity index (χ2n) is 4.26. The van der Waals surface area contributed by atoms with Crippen molar-refractivity contribution in [3.63, 3.8) is 0 Å². The van der Waals surface area contributed by atoms with Crippen LogP contribution in [0.25, 0.3) is 10.9 Å². The number of hydrogen-bond acceptors (Lipinski definition) is 3. The van der Waals surface area contributed by atoms with Crippen molar-refractivity contribution in [2.75, 3.05) is 20.8 Å². The Labute approximate surface area is 99.9 Å². The SMILES string of the molecule is COc1cc(OC)c2c3c([nH]c2c1)CNCC3. The molecule has 1 aliphatic heterocycles. The molecule has 0 amide bonds. The molecule has 17 heavy (non-hydrogen) atoms. The van der Waals surface area contributed by atoms with Gasteiger partial charge in [-0.05, 0) is 18.5 Å². The maximum Gasteiger partial charge on any atom is 0.132 e. The number of benzene rings is 1. The standard InChI is InChI=1S/C13H16N2O2/c1-16-8-5-10-13(12(6-8)17-2)9-3-4-14-7-11(9)15-10/h5-6,14-15H,3-4,7H2,1-2H3. The highest BCUT2D eigenvalue weighted by molar-refractivity contribution is 5.92. The molecular formula is C13H16N2O2. The second kappa shape index (κ2) is 3.96. The zero-order chi connectivity index (χ0) is 11.8. The molecule has 0 unspecified atom stereocenters. The summed E-state index contributed by atoms with van der Waals surface area (Å²) in [4.78, 5) is 3.44. The Bertz CT molecular complexity index is 560. The minimum absolute atomic E-state index is 0.820. The van der Waals surface area contributed by atoms with E-state index in [0.29, 0.717) is 0 Å². The van der Waals surface area contributed by atoms with Gasteiger partial charge in [-0.25, -0.2) is 0 Å². The summed E-state index contributed by atoms with van der Waals surface area (Å²) in [6, 6.07) is 3.97. The van der Waals surface area contributed by atoms with Crippen LogP contribution in [0.15, 0.2) is 12.1 Å². The van der Waals surface area contributed by atoms with E-state index in [0.717, 1.165) is 36.5 Å². The van der Waals surface area contributed by atoms with Crippen molar-refractivity contribution in [2.45, 2.75) is 13.0 Å². The molecule has 1 aliphatic rings. The lowest BCUT2D eigenvalue weighted by Crippen LogP contribution is -2.23. The molecule has 0 bridgehead atoms. The molecule has 3 rings (SSSR count). The quantitative estimate of drug-likeness (QED) is 0.830. The highest BCUT2D eigenvalue weighted by atomic mass is 16.5. The number of H-pyrrole nitrogens is 1. The topological polar surface area (TPSA) is 46.3 Å². The van der Waals surface area contributed by atoms with Gasteiger partial charge in [0.15, 0.2) is 0 Å². The van der Waals surface area contributed by atoms with Gasteiger partial charge in [-0.3, -0.25) is 0 Å². The number of aromatic amines is 1. The van der Waals surface area contributed by atoms with Gasteiger partial charge in [0.05, 0.1) is 19.7 Å². The Morgan fingerprint density at radius 3 is 2.82 bits per heavy atom. The van der Waals surface area contributed by atoms with Gasteiger partial charge >= 0.3 is 0 Å². The van der Waals surface area contributed by atoms with E-state index in [4.69, 9.17) is 9.47 Å². The summed E-state index contributed by atoms with van der Waals surface area (Å²) in [6.45, 7) is 1.92. The summed E-state index contributed by atoms with van der Waals surface area (Å²) in [5, 5.41) is 4.56. The maximum absolute atomic E-state index is 5.47. The van der Waals surface area contributed by atoms with E-state index in [2.05, 4.69) is 10.3 Å². The first kappa shape index (κ1) is 10.5. The smallest absolute Gasteiger partial charge is 0.132 e. The highest BCUT2D eigenvalue weighted by Gasteiger charge is 2.18. The summed E-state index contributed by atoms with van der Waals surface area (Å²) in [5.41, 5.74) is 3.73. The van der Waals surface area contributed by atoms with Crippen LogP contribution in [0.2, 0.25) is 0 Å². The van der Waals surface area contributed by atoms with Crippen molar-refractivity contribution in [3.05, 3.63) is 23.4 Å². The van der Waals surface area contributed by atoms with Crippen molar-refractivity contribution >= 4 is 10.9 Å². The fourth-order valence-electron chi connectivity index (χ4n) is 2.52. The van der Waals surface area contributed by atoms with Gasteiger partial charge in [0, 0.05) is 29.8 Å². The molecule has 0 atom stereocenters. The highest BCUT2D eigenvalue weighted by Crippen LogP contribution is 2.36. The largest absolute Gasteiger partial charge is 0.497 e. The summed E-state index contributed by atoms with van der Waals surface area (Å²) in [6.07, 6.45) is 1.04. The van der Waals surface area contributed by atoms with Crippen molar-refractivity contribution in [1.29, 1.82) is 0 Å². The van der Waals surface area contributed by atoms with Crippen LogP contribution < -0.4 is 14.8 Å². The van der Waals surface area contributed by atoms with Crippen LogP contribution in [-0.4, -0.2) is 25.7 Å². The van der Waals surface area contributed by atoms with Crippen LogP contribution in [0.1, 0.15) is 11.3 Å². The van der Waals surface area contributed by atoms with Gasteiger partial charge in [0.2, 0.25) is 0 Å². The van der Waals surface area contributed by atoms with Gasteiger partial charge in [-0.15, -0.1) is 0 Å². The molecule has 0 aliphatic carbocycles. The number of rotatable bonds is 2. The third-order valence-corrected chi connectivity index (χ3v) is 3.34. The molecule has 0 saturated heterocycles. The van der Waals surface area contributed by atoms with Crippen molar-refractivity contribution in [2.24, 2.45) is 0 Å². The third-order valence-electron chi connectivity index (χ3n) is 3.34. The van der Waals surface area contributed by atoms with Crippen LogP contribution in [0.3, 0.4) is 0 Å². The van der Waals surface area contributed by atoms with Crippen molar-refractivity contribution in [1.82, 2.24) is 10.3 Å². The Hall–Kier alpha value is -1.68. The molecule has 2 N–H and O–H groups in total. The number of methoxy groups -OCH3 is 2. The van der Waals surface area contributed by atoms with E-state index in [1.165, 1.54) is 16.6 Å². The lowest BCUT2D eigenvalue weighted by atomic mass is 10.0. The Morgan fingerprint density at radius 2 is 2.06 bits per heavy atom. The molecule has 90 valence electrons. The molecule has 1 aromatic heterocycles. The summed E-state index contributed by atoms with van der Waals surface area (Å²) >= 11 is 0. The molecule has 2 heterocycles. The Balaban J connectivity index is 2.29. The molecule has 0 radical (unpaired) electrons. The van der Waals surface area contributed by atoms with Crippen molar-refractivity contribution < 1.29 is 9.47 Å². The predicted octanol–water partition coefficient (Wildman–Crippen LogP) is 1.83. The minimum Gasteiger partial charge on any atom is -0.497 e. The number of aromatic nitrogens is 1. The second-order valence-corrected chi connectivity index (χ2v) is 4.26. The molecule has 0 fully saturated rings. The molecule has 1 aromatic carbocycles. The summed E-state index contributed by atoms with van der Waals surface area (Å²) < 4.78 is 10.8. The zero-order valence-corrected chi connectivity index (χ0v) is 10.1. The van der Waals surface area contributed by atoms with Crippen LogP contribution in [0.4, 0.5) is 0 Å². The van der Waals surface area contributed by atoms with E-state index in [1.807, 2.05) is 12.1 Å². The predicted molar refractivity (Wildman–Crippen MR) is 66.8 cm³/mol. The minimum atomic E-state index is 0.820. The lowest BCUT2D eigenvalue weighted by Gasteiger charge is -2.13. The number of nitrogens with one attached hydrogen (secondary N) is 2. The first-order valence-corrected chi connectivity index (χ1v) is 5.79. The monoisotopic (exact) mass is 232 g/mol. The van der Waals surface area contributed by atoms with E-state index in [9.17, 15) is 0 Å². The average Bonchev–Trinajstić information content (AvgIpc) is 2.75. The molecule has 4 nitrogen and oxygen atoms in total. The van der Waals surface area contributed by atoms with Gasteiger partial charge in [0.1, 0.15) is 11.5 Å². The van der Waals surface area contributed by atoms with Crippen molar-refractivity contribution in [3.8, 4) is 11.5 Å². The fourth-order valence-corrected chi connectivity index (χ4v) is 2.52. The zero-order valence-electron chi connectivity index (χ0n) is 10.1. The molecule has 4 heteroatoms. The molecule has 0 saturated carbocycles. The average molecular weight is 232 g/mol. The number of ether oxygens (including phenoxy) is 2. The van der Waals surface area contributed by atoms with Crippen LogP contribution >= 0.6 is 0 Å². The van der Waals surface area contributed by atoms with Crippen LogP contribution in [-0.2, 0) is 13.0 Å². The van der Waals surface area contributed by atoms with E-state index in [1.54, 1.807) is 14.2 Å². The van der Waals surface area contributed by atoms with Gasteiger partial charge in [-0.1, -0.05) is 0 Å². The Kier molecular flexibility index (Phi) is 2.44. The van der Waals surface area contributed by atoms with E-state index >= 15 is 0 Å². The number of hydrogen-bond donors (Lipinski definition) is 2. The summed E-state index contributed by atoms with van der Waals surface area (Å²) in [5.74, 6) is 1.71. The first-order chi connectivity index (χ1) is 8.33. The van der Waals surface area contributed by atoms with Gasteiger partial charge < -0.3 is 19.8 Å². The molecular weight excluding hydrogens is 216 g/mol. The van der Waals surface area contributed by atoms with Gasteiger partial charge in [0.25, 0.3) is 0 Å². The van der Waals surface area contributed by atoms with E-state index < -0.39 is 0 Å². The normalized spacial score (nSPS) is 14.7. The van der Waals surface area contributed by atoms with Gasteiger partial charge in [-0.2, -0.15) is 0 Å². The number of fused-ring (bicyclic) bond motifs is 3. The third kappa shape index (κ3) is 1.56.